The molecule has 0 aromatic carbocycles. The smallest absolute Gasteiger partial charge is 0.423 e. The van der Waals surface area contributed by atoms with E-state index in [0.29, 0.717) is 4.78 Å². The van der Waals surface area contributed by atoms with E-state index in [9.17, 15) is 0 Å². The van der Waals surface area contributed by atoms with Gasteiger partial charge in [-0.05, 0) is 24.8 Å². The fourth-order valence-electron chi connectivity index (χ4n) is 2.07. The Labute approximate surface area is 94.5 Å². The molecule has 1 aliphatic rings. The SMILES string of the molecule is CC1CCCN(c2csc(B(O)O)c2)C1. The molecule has 1 fully saturated rings. The summed E-state index contributed by atoms with van der Waals surface area (Å²) in [6, 6.07) is 1.88. The first-order valence-electron chi connectivity index (χ1n) is 5.36. The molecule has 3 nitrogen and oxygen atoms in total. The van der Waals surface area contributed by atoms with Crippen molar-refractivity contribution in [1.29, 1.82) is 0 Å². The Morgan fingerprint density at radius 2 is 2.33 bits per heavy atom. The lowest BCUT2D eigenvalue weighted by Gasteiger charge is -2.31. The molecule has 15 heavy (non-hydrogen) atoms. The average Bonchev–Trinajstić information content (AvgIpc) is 2.66. The molecule has 2 N–H and O–H groups in total. The zero-order valence-corrected chi connectivity index (χ0v) is 9.70. The van der Waals surface area contributed by atoms with E-state index in [4.69, 9.17) is 10.0 Å². The van der Waals surface area contributed by atoms with Gasteiger partial charge in [-0.1, -0.05) is 6.92 Å². The maximum absolute atomic E-state index is 9.03. The van der Waals surface area contributed by atoms with Crippen molar-refractivity contribution in [3.63, 3.8) is 0 Å². The van der Waals surface area contributed by atoms with Crippen LogP contribution in [0.5, 0.6) is 0 Å². The van der Waals surface area contributed by atoms with Crippen LogP contribution in [0.25, 0.3) is 0 Å². The summed E-state index contributed by atoms with van der Waals surface area (Å²) < 4.78 is 0.628. The van der Waals surface area contributed by atoms with Gasteiger partial charge in [0.1, 0.15) is 0 Å². The minimum Gasteiger partial charge on any atom is -0.423 e. The summed E-state index contributed by atoms with van der Waals surface area (Å²) in [5.74, 6) is 0.737. The largest absolute Gasteiger partial charge is 0.499 e. The Balaban J connectivity index is 2.08. The fourth-order valence-corrected chi connectivity index (χ4v) is 2.85. The van der Waals surface area contributed by atoms with E-state index < -0.39 is 7.12 Å². The van der Waals surface area contributed by atoms with Crippen LogP contribution in [0.2, 0.25) is 0 Å². The lowest BCUT2D eigenvalue weighted by atomic mass is 9.89. The third-order valence-electron chi connectivity index (χ3n) is 2.88. The van der Waals surface area contributed by atoms with Gasteiger partial charge in [0.2, 0.25) is 0 Å². The van der Waals surface area contributed by atoms with Crippen LogP contribution in [0.15, 0.2) is 11.4 Å². The van der Waals surface area contributed by atoms with Gasteiger partial charge >= 0.3 is 7.12 Å². The summed E-state index contributed by atoms with van der Waals surface area (Å²) >= 11 is 1.41. The van der Waals surface area contributed by atoms with Crippen LogP contribution in [0.3, 0.4) is 0 Å². The van der Waals surface area contributed by atoms with Crippen LogP contribution in [0.4, 0.5) is 5.69 Å². The van der Waals surface area contributed by atoms with Gasteiger partial charge in [-0.2, -0.15) is 11.3 Å². The normalized spacial score (nSPS) is 21.8. The number of hydrogen-bond donors (Lipinski definition) is 2. The highest BCUT2D eigenvalue weighted by Gasteiger charge is 2.20. The molecule has 0 spiro atoms. The number of piperidine rings is 1. The predicted molar refractivity (Wildman–Crippen MR) is 64.8 cm³/mol. The molecule has 1 aromatic heterocycles. The Morgan fingerprint density at radius 1 is 1.53 bits per heavy atom. The van der Waals surface area contributed by atoms with Crippen molar-refractivity contribution in [3.05, 3.63) is 11.4 Å². The van der Waals surface area contributed by atoms with E-state index in [1.54, 1.807) is 0 Å². The summed E-state index contributed by atoms with van der Waals surface area (Å²) in [6.07, 6.45) is 2.53. The van der Waals surface area contributed by atoms with Crippen LogP contribution in [0, 0.1) is 5.92 Å². The van der Waals surface area contributed by atoms with Crippen LogP contribution >= 0.6 is 11.3 Å². The molecular formula is C10H16BNO2S. The summed E-state index contributed by atoms with van der Waals surface area (Å²) in [7, 11) is -1.33. The summed E-state index contributed by atoms with van der Waals surface area (Å²) in [6.45, 7) is 4.43. The second-order valence-electron chi connectivity index (χ2n) is 4.27. The highest BCUT2D eigenvalue weighted by atomic mass is 32.1. The van der Waals surface area contributed by atoms with Crippen molar-refractivity contribution < 1.29 is 10.0 Å². The first-order valence-corrected chi connectivity index (χ1v) is 6.24. The van der Waals surface area contributed by atoms with Crippen molar-refractivity contribution >= 4 is 28.9 Å². The van der Waals surface area contributed by atoms with Gasteiger partial charge in [0.15, 0.2) is 0 Å². The molecular weight excluding hydrogens is 209 g/mol. The van der Waals surface area contributed by atoms with E-state index in [1.807, 2.05) is 11.4 Å². The number of anilines is 1. The number of hydrogen-bond acceptors (Lipinski definition) is 4. The van der Waals surface area contributed by atoms with E-state index in [1.165, 1.54) is 24.2 Å². The molecule has 2 rings (SSSR count). The summed E-state index contributed by atoms with van der Waals surface area (Å²) in [5, 5.41) is 20.1. The first kappa shape index (κ1) is 11.0. The van der Waals surface area contributed by atoms with Crippen LogP contribution in [-0.2, 0) is 0 Å². The quantitative estimate of drug-likeness (QED) is 0.727. The number of thiophene rings is 1. The molecule has 1 atom stereocenters. The van der Waals surface area contributed by atoms with E-state index in [2.05, 4.69) is 11.8 Å². The Morgan fingerprint density at radius 3 is 2.93 bits per heavy atom. The van der Waals surface area contributed by atoms with Gasteiger partial charge in [0.25, 0.3) is 0 Å². The third-order valence-corrected chi connectivity index (χ3v) is 3.84. The molecule has 0 aliphatic carbocycles. The maximum atomic E-state index is 9.03. The van der Waals surface area contributed by atoms with Crippen molar-refractivity contribution in [3.8, 4) is 0 Å². The average molecular weight is 225 g/mol. The molecule has 1 unspecified atom stereocenters. The van der Waals surface area contributed by atoms with E-state index >= 15 is 0 Å². The van der Waals surface area contributed by atoms with Crippen molar-refractivity contribution in [2.45, 2.75) is 19.8 Å². The fraction of sp³-hybridized carbons (Fsp3) is 0.600. The molecule has 0 radical (unpaired) electrons. The predicted octanol–water partition coefficient (Wildman–Crippen LogP) is 0.664. The zero-order chi connectivity index (χ0) is 10.8. The molecule has 0 amide bonds. The van der Waals surface area contributed by atoms with Gasteiger partial charge < -0.3 is 14.9 Å². The molecule has 82 valence electrons. The minimum absolute atomic E-state index is 0.628. The monoisotopic (exact) mass is 225 g/mol. The summed E-state index contributed by atoms with van der Waals surface area (Å²) in [5.41, 5.74) is 1.13. The van der Waals surface area contributed by atoms with Gasteiger partial charge in [-0.15, -0.1) is 0 Å². The Kier molecular flexibility index (Phi) is 3.33. The zero-order valence-electron chi connectivity index (χ0n) is 8.89. The molecule has 0 saturated carbocycles. The van der Waals surface area contributed by atoms with E-state index in [-0.39, 0.29) is 0 Å². The van der Waals surface area contributed by atoms with Crippen LogP contribution in [-0.4, -0.2) is 30.3 Å². The third kappa shape index (κ3) is 2.54. The molecule has 2 heterocycles. The lowest BCUT2D eigenvalue weighted by Crippen LogP contribution is -2.34. The second kappa shape index (κ2) is 4.55. The molecule has 1 aromatic rings. The molecule has 5 heteroatoms. The number of nitrogens with zero attached hydrogens (tertiary/aromatic N) is 1. The Bertz CT molecular complexity index is 329. The molecule has 0 bridgehead atoms. The maximum Gasteiger partial charge on any atom is 0.499 e. The topological polar surface area (TPSA) is 43.7 Å². The minimum atomic E-state index is -1.33. The van der Waals surface area contributed by atoms with Gasteiger partial charge in [0.05, 0.1) is 0 Å². The van der Waals surface area contributed by atoms with Crippen molar-refractivity contribution in [2.24, 2.45) is 5.92 Å². The first-order chi connectivity index (χ1) is 7.16. The van der Waals surface area contributed by atoms with Gasteiger partial charge in [-0.3, -0.25) is 0 Å². The van der Waals surface area contributed by atoms with Gasteiger partial charge in [-0.25, -0.2) is 0 Å². The Hall–Kier alpha value is -0.515. The number of rotatable bonds is 2. The molecule has 1 saturated heterocycles. The van der Waals surface area contributed by atoms with E-state index in [0.717, 1.165) is 24.7 Å². The standard InChI is InChI=1S/C10H16BNO2S/c1-8-3-2-4-12(6-8)9-5-10(11(13)14)15-7-9/h5,7-8,13-14H,2-4,6H2,1H3. The summed E-state index contributed by atoms with van der Waals surface area (Å²) in [4.78, 5) is 2.33. The van der Waals surface area contributed by atoms with Crippen LogP contribution < -0.4 is 9.68 Å². The van der Waals surface area contributed by atoms with Crippen molar-refractivity contribution in [2.75, 3.05) is 18.0 Å². The highest BCUT2D eigenvalue weighted by Crippen LogP contribution is 2.23. The van der Waals surface area contributed by atoms with Crippen LogP contribution in [0.1, 0.15) is 19.8 Å². The van der Waals surface area contributed by atoms with Gasteiger partial charge in [0, 0.05) is 28.9 Å². The second-order valence-corrected chi connectivity index (χ2v) is 5.22. The van der Waals surface area contributed by atoms with Crippen molar-refractivity contribution in [1.82, 2.24) is 0 Å². The molecule has 1 aliphatic heterocycles. The highest BCUT2D eigenvalue weighted by molar-refractivity contribution is 7.20. The lowest BCUT2D eigenvalue weighted by molar-refractivity contribution is 0.427.